The van der Waals surface area contributed by atoms with Gasteiger partial charge >= 0.3 is 5.97 Å². The summed E-state index contributed by atoms with van der Waals surface area (Å²) in [7, 11) is 0. The third kappa shape index (κ3) is 21.7. The van der Waals surface area contributed by atoms with Crippen molar-refractivity contribution in [3.63, 3.8) is 0 Å². The first kappa shape index (κ1) is 24.7. The Morgan fingerprint density at radius 2 is 1.20 bits per heavy atom. The summed E-state index contributed by atoms with van der Waals surface area (Å²) in [6.07, 6.45) is 20.6. The van der Waals surface area contributed by atoms with E-state index in [9.17, 15) is 4.79 Å². The molecule has 0 bridgehead atoms. The lowest BCUT2D eigenvalue weighted by molar-refractivity contribution is -0.144. The van der Waals surface area contributed by atoms with Gasteiger partial charge in [-0.15, -0.1) is 0 Å². The predicted octanol–water partition coefficient (Wildman–Crippen LogP) is 6.74. The van der Waals surface area contributed by atoms with Crippen LogP contribution in [0.15, 0.2) is 0 Å². The fourth-order valence-electron chi connectivity index (χ4n) is 2.98. The molecule has 0 spiro atoms. The lowest BCUT2D eigenvalue weighted by Crippen LogP contribution is -2.09. The van der Waals surface area contributed by atoms with Gasteiger partial charge in [0.25, 0.3) is 0 Å². The summed E-state index contributed by atoms with van der Waals surface area (Å²) in [5, 5.41) is 8.86. The molecule has 1 unspecified atom stereocenters. The highest BCUT2D eigenvalue weighted by Crippen LogP contribution is 2.13. The van der Waals surface area contributed by atoms with E-state index < -0.39 is 5.56 Å². The normalized spacial score (nSPS) is 12.3. The van der Waals surface area contributed by atoms with Gasteiger partial charge in [0.1, 0.15) is 5.56 Å². The van der Waals surface area contributed by atoms with Crippen LogP contribution in [0.3, 0.4) is 0 Å². The van der Waals surface area contributed by atoms with Crippen LogP contribution in [0.1, 0.15) is 116 Å². The number of halogens is 1. The van der Waals surface area contributed by atoms with Gasteiger partial charge in [-0.3, -0.25) is 4.79 Å². The van der Waals surface area contributed by atoms with E-state index in [0.717, 1.165) is 12.8 Å². The molecule has 0 amide bonds. The molecular formula is C21H41ClO3. The minimum atomic E-state index is -0.918. The van der Waals surface area contributed by atoms with Crippen LogP contribution in [-0.2, 0) is 9.53 Å². The lowest BCUT2D eigenvalue weighted by Gasteiger charge is -2.05. The van der Waals surface area contributed by atoms with Gasteiger partial charge in [-0.2, -0.15) is 0 Å². The molecule has 3 nitrogen and oxygen atoms in total. The van der Waals surface area contributed by atoms with Crippen LogP contribution < -0.4 is 0 Å². The van der Waals surface area contributed by atoms with Gasteiger partial charge in [0, 0.05) is 12.8 Å². The van der Waals surface area contributed by atoms with Gasteiger partial charge in [0.15, 0.2) is 0 Å². The second-order valence-electron chi connectivity index (χ2n) is 7.14. The Balaban J connectivity index is 3.10. The molecule has 0 aromatic carbocycles. The van der Waals surface area contributed by atoms with Crippen LogP contribution >= 0.6 is 11.6 Å². The number of unbranched alkanes of at least 4 members (excludes halogenated alkanes) is 14. The minimum absolute atomic E-state index is 0.174. The lowest BCUT2D eigenvalue weighted by atomic mass is 10.0. The molecule has 0 rings (SSSR count). The zero-order valence-corrected chi connectivity index (χ0v) is 17.2. The molecular weight excluding hydrogens is 336 g/mol. The predicted molar refractivity (Wildman–Crippen MR) is 107 cm³/mol. The van der Waals surface area contributed by atoms with E-state index in [4.69, 9.17) is 21.4 Å². The van der Waals surface area contributed by atoms with Crippen LogP contribution in [0, 0.1) is 0 Å². The number of rotatable bonds is 19. The number of aliphatic hydroxyl groups is 1. The number of esters is 1. The van der Waals surface area contributed by atoms with Crippen molar-refractivity contribution in [2.45, 2.75) is 122 Å². The number of alkyl halides is 1. The summed E-state index contributed by atoms with van der Waals surface area (Å²) in [6.45, 7) is 2.48. The van der Waals surface area contributed by atoms with E-state index in [1.807, 2.05) is 0 Å². The van der Waals surface area contributed by atoms with E-state index in [1.165, 1.54) is 83.5 Å². The number of carbonyl (C=O) groups excluding carboxylic acids is 1. The van der Waals surface area contributed by atoms with Crippen molar-refractivity contribution >= 4 is 17.6 Å². The number of ether oxygens (including phenoxy) is 1. The van der Waals surface area contributed by atoms with Gasteiger partial charge in [0.05, 0.1) is 6.61 Å². The molecule has 1 N–H and O–H groups in total. The SMILES string of the molecule is CCCCCCCCCCCCCCCCCC(=O)OCCC(O)Cl. The van der Waals surface area contributed by atoms with Crippen LogP contribution in [0.25, 0.3) is 0 Å². The van der Waals surface area contributed by atoms with Crippen molar-refractivity contribution in [2.75, 3.05) is 6.61 Å². The van der Waals surface area contributed by atoms with Crippen LogP contribution in [-0.4, -0.2) is 23.2 Å². The first-order chi connectivity index (χ1) is 12.2. The van der Waals surface area contributed by atoms with E-state index >= 15 is 0 Å². The Bertz CT molecular complexity index is 282. The van der Waals surface area contributed by atoms with Crippen molar-refractivity contribution in [3.8, 4) is 0 Å². The number of aliphatic hydroxyl groups excluding tert-OH is 1. The third-order valence-electron chi connectivity index (χ3n) is 4.60. The van der Waals surface area contributed by atoms with Crippen LogP contribution in [0.2, 0.25) is 0 Å². The maximum absolute atomic E-state index is 11.4. The number of carbonyl (C=O) groups is 1. The Morgan fingerprint density at radius 3 is 1.60 bits per heavy atom. The molecule has 0 heterocycles. The summed E-state index contributed by atoms with van der Waals surface area (Å²) < 4.78 is 4.99. The molecule has 0 aromatic heterocycles. The average molecular weight is 377 g/mol. The molecule has 0 saturated carbocycles. The fourth-order valence-corrected chi connectivity index (χ4v) is 3.07. The van der Waals surface area contributed by atoms with Crippen molar-refractivity contribution in [1.29, 1.82) is 0 Å². The van der Waals surface area contributed by atoms with Gasteiger partial charge in [-0.25, -0.2) is 0 Å². The maximum atomic E-state index is 11.4. The zero-order valence-electron chi connectivity index (χ0n) is 16.4. The molecule has 25 heavy (non-hydrogen) atoms. The summed E-state index contributed by atoms with van der Waals surface area (Å²) in [6, 6.07) is 0. The highest BCUT2D eigenvalue weighted by molar-refractivity contribution is 6.19. The molecule has 0 aliphatic carbocycles. The second-order valence-corrected chi connectivity index (χ2v) is 7.65. The van der Waals surface area contributed by atoms with Crippen molar-refractivity contribution in [3.05, 3.63) is 0 Å². The molecule has 0 radical (unpaired) electrons. The highest BCUT2D eigenvalue weighted by Gasteiger charge is 2.04. The average Bonchev–Trinajstić information content (AvgIpc) is 2.58. The standard InChI is InChI=1S/C21H41ClO3/c1-2-3-4-5-6-7-8-9-10-11-12-13-14-15-16-17-21(24)25-19-18-20(22)23/h20,23H,2-19H2,1H3. The maximum Gasteiger partial charge on any atom is 0.305 e. The Morgan fingerprint density at radius 1 is 0.800 bits per heavy atom. The quantitative estimate of drug-likeness (QED) is 0.154. The molecule has 1 atom stereocenters. The summed E-state index contributed by atoms with van der Waals surface area (Å²) >= 11 is 5.37. The number of hydrogen-bond donors (Lipinski definition) is 1. The second kappa shape index (κ2) is 20.0. The van der Waals surface area contributed by atoms with Gasteiger partial charge in [0.2, 0.25) is 0 Å². The first-order valence-electron chi connectivity index (χ1n) is 10.6. The Kier molecular flexibility index (Phi) is 19.8. The third-order valence-corrected chi connectivity index (χ3v) is 4.82. The van der Waals surface area contributed by atoms with E-state index in [0.29, 0.717) is 12.8 Å². The minimum Gasteiger partial charge on any atom is -0.466 e. The molecule has 0 fully saturated rings. The van der Waals surface area contributed by atoms with E-state index in [-0.39, 0.29) is 12.6 Å². The Labute approximate surface area is 160 Å². The number of hydrogen-bond acceptors (Lipinski definition) is 3. The van der Waals surface area contributed by atoms with E-state index in [1.54, 1.807) is 0 Å². The van der Waals surface area contributed by atoms with Gasteiger partial charge < -0.3 is 9.84 Å². The Hall–Kier alpha value is -0.280. The molecule has 0 aromatic rings. The summed E-state index contributed by atoms with van der Waals surface area (Å²) in [4.78, 5) is 11.4. The van der Waals surface area contributed by atoms with Gasteiger partial charge in [-0.05, 0) is 6.42 Å². The fraction of sp³-hybridized carbons (Fsp3) is 0.952. The molecule has 150 valence electrons. The molecule has 4 heteroatoms. The highest BCUT2D eigenvalue weighted by atomic mass is 35.5. The van der Waals surface area contributed by atoms with Gasteiger partial charge in [-0.1, -0.05) is 108 Å². The summed E-state index contributed by atoms with van der Waals surface area (Å²) in [5.74, 6) is -0.174. The molecule has 0 saturated heterocycles. The molecule has 0 aliphatic heterocycles. The van der Waals surface area contributed by atoms with Crippen molar-refractivity contribution in [2.24, 2.45) is 0 Å². The molecule has 0 aliphatic rings. The topological polar surface area (TPSA) is 46.5 Å². The summed E-state index contributed by atoms with van der Waals surface area (Å²) in [5.41, 5.74) is -0.918. The van der Waals surface area contributed by atoms with Crippen molar-refractivity contribution in [1.82, 2.24) is 0 Å². The first-order valence-corrected chi connectivity index (χ1v) is 11.1. The largest absolute Gasteiger partial charge is 0.466 e. The van der Waals surface area contributed by atoms with E-state index in [2.05, 4.69) is 6.92 Å². The van der Waals surface area contributed by atoms with Crippen LogP contribution in [0.5, 0.6) is 0 Å². The smallest absolute Gasteiger partial charge is 0.305 e. The monoisotopic (exact) mass is 376 g/mol. The van der Waals surface area contributed by atoms with Crippen molar-refractivity contribution < 1.29 is 14.6 Å². The zero-order chi connectivity index (χ0) is 18.6. The van der Waals surface area contributed by atoms with Crippen LogP contribution in [0.4, 0.5) is 0 Å².